The molecule has 0 aromatic carbocycles. The summed E-state index contributed by atoms with van der Waals surface area (Å²) in [7, 11) is 0. The zero-order chi connectivity index (χ0) is 17.5. The number of amides is 2. The van der Waals surface area contributed by atoms with Crippen LogP contribution in [0.3, 0.4) is 0 Å². The molecule has 1 spiro atoms. The predicted octanol–water partition coefficient (Wildman–Crippen LogP) is 1.51. The van der Waals surface area contributed by atoms with Crippen LogP contribution in [-0.2, 0) is 14.9 Å². The van der Waals surface area contributed by atoms with Crippen molar-refractivity contribution in [3.8, 4) is 0 Å². The van der Waals surface area contributed by atoms with Gasteiger partial charge in [-0.25, -0.2) is 14.8 Å². The van der Waals surface area contributed by atoms with Gasteiger partial charge in [-0.15, -0.1) is 0 Å². The third kappa shape index (κ3) is 2.72. The largest absolute Gasteiger partial charge is 0.444 e. The molecule has 1 N–H and O–H groups in total. The first-order valence-corrected chi connectivity index (χ1v) is 7.87. The summed E-state index contributed by atoms with van der Waals surface area (Å²) in [5, 5.41) is 2.73. The highest BCUT2D eigenvalue weighted by Gasteiger charge is 2.51. The predicted molar refractivity (Wildman–Crippen MR) is 84.8 cm³/mol. The van der Waals surface area contributed by atoms with E-state index in [4.69, 9.17) is 4.74 Å². The average Bonchev–Trinajstić information content (AvgIpc) is 2.78. The molecule has 0 aliphatic carbocycles. The Hall–Kier alpha value is -2.51. The average molecular weight is 332 g/mol. The maximum absolute atomic E-state index is 12.5. The maximum atomic E-state index is 12.5. The van der Waals surface area contributed by atoms with Crippen LogP contribution in [0.2, 0.25) is 0 Å². The van der Waals surface area contributed by atoms with Crippen LogP contribution in [0, 0.1) is 0 Å². The number of ether oxygens (including phenoxy) is 1. The van der Waals surface area contributed by atoms with Gasteiger partial charge in [0.15, 0.2) is 12.1 Å². The first-order chi connectivity index (χ1) is 11.2. The van der Waals surface area contributed by atoms with Gasteiger partial charge in [0.25, 0.3) is 0 Å². The van der Waals surface area contributed by atoms with Crippen molar-refractivity contribution in [1.29, 1.82) is 0 Å². The quantitative estimate of drug-likeness (QED) is 0.782. The van der Waals surface area contributed by atoms with E-state index in [0.717, 1.165) is 0 Å². The van der Waals surface area contributed by atoms with Crippen molar-refractivity contribution in [1.82, 2.24) is 14.9 Å². The fourth-order valence-electron chi connectivity index (χ4n) is 3.08. The molecule has 3 rings (SSSR count). The van der Waals surface area contributed by atoms with E-state index in [1.165, 1.54) is 6.20 Å². The number of aldehydes is 1. The molecule has 0 unspecified atom stereocenters. The van der Waals surface area contributed by atoms with Crippen LogP contribution >= 0.6 is 0 Å². The molecule has 1 aromatic heterocycles. The monoisotopic (exact) mass is 332 g/mol. The lowest BCUT2D eigenvalue weighted by Gasteiger charge is -2.37. The van der Waals surface area contributed by atoms with Crippen molar-refractivity contribution < 1.29 is 19.1 Å². The first-order valence-electron chi connectivity index (χ1n) is 7.87. The van der Waals surface area contributed by atoms with E-state index in [9.17, 15) is 14.4 Å². The highest BCUT2D eigenvalue weighted by molar-refractivity contribution is 6.05. The summed E-state index contributed by atoms with van der Waals surface area (Å²) in [4.78, 5) is 45.6. The molecular weight excluding hydrogens is 312 g/mol. The molecule has 0 saturated carbocycles. The Bertz CT molecular complexity index is 703. The number of nitrogens with one attached hydrogen (secondary N) is 1. The van der Waals surface area contributed by atoms with Crippen LogP contribution in [0.1, 0.15) is 49.8 Å². The van der Waals surface area contributed by atoms with Crippen molar-refractivity contribution >= 4 is 24.1 Å². The third-order valence-electron chi connectivity index (χ3n) is 4.30. The molecule has 2 amide bonds. The summed E-state index contributed by atoms with van der Waals surface area (Å²) in [5.74, 6) is 0.223. The number of anilines is 1. The number of carbonyl (C=O) groups is 3. The van der Waals surface area contributed by atoms with Crippen molar-refractivity contribution in [2.45, 2.75) is 44.6 Å². The van der Waals surface area contributed by atoms with Gasteiger partial charge < -0.3 is 15.0 Å². The van der Waals surface area contributed by atoms with Gasteiger partial charge in [-0.05, 0) is 33.6 Å². The van der Waals surface area contributed by atoms with E-state index in [1.54, 1.807) is 4.90 Å². The SMILES string of the molecule is CC(C)(C)OC(=O)N1CCC2(CC1)C(=O)Nc1ncc(C=O)nc12. The summed E-state index contributed by atoms with van der Waals surface area (Å²) in [6, 6.07) is 0. The summed E-state index contributed by atoms with van der Waals surface area (Å²) < 4.78 is 5.37. The number of likely N-dealkylation sites (tertiary alicyclic amines) is 1. The van der Waals surface area contributed by atoms with Crippen molar-refractivity contribution in [2.75, 3.05) is 18.4 Å². The normalized spacial score (nSPS) is 19.0. The van der Waals surface area contributed by atoms with Gasteiger partial charge >= 0.3 is 6.09 Å². The highest BCUT2D eigenvalue weighted by atomic mass is 16.6. The topological polar surface area (TPSA) is 101 Å². The van der Waals surface area contributed by atoms with Gasteiger partial charge in [0.2, 0.25) is 5.91 Å². The zero-order valence-electron chi connectivity index (χ0n) is 14.0. The third-order valence-corrected chi connectivity index (χ3v) is 4.30. The Kier molecular flexibility index (Phi) is 3.77. The number of hydrogen-bond acceptors (Lipinski definition) is 6. The molecule has 2 aliphatic heterocycles. The summed E-state index contributed by atoms with van der Waals surface area (Å²) in [6.45, 7) is 6.21. The lowest BCUT2D eigenvalue weighted by Crippen LogP contribution is -2.49. The van der Waals surface area contributed by atoms with Crippen LogP contribution in [0.15, 0.2) is 6.20 Å². The van der Waals surface area contributed by atoms with E-state index in [2.05, 4.69) is 15.3 Å². The molecule has 0 atom stereocenters. The Labute approximate surface area is 139 Å². The molecule has 8 heteroatoms. The van der Waals surface area contributed by atoms with Crippen molar-refractivity contribution in [3.63, 3.8) is 0 Å². The number of carbonyl (C=O) groups excluding carboxylic acids is 3. The van der Waals surface area contributed by atoms with Gasteiger partial charge in [0.05, 0.1) is 17.3 Å². The molecule has 24 heavy (non-hydrogen) atoms. The minimum Gasteiger partial charge on any atom is -0.444 e. The second-order valence-corrected chi connectivity index (χ2v) is 7.11. The molecule has 0 radical (unpaired) electrons. The van der Waals surface area contributed by atoms with Gasteiger partial charge in [0.1, 0.15) is 11.3 Å². The van der Waals surface area contributed by atoms with Gasteiger partial charge in [0, 0.05) is 13.1 Å². The minimum absolute atomic E-state index is 0.176. The number of hydrogen-bond donors (Lipinski definition) is 1. The number of fused-ring (bicyclic) bond motifs is 2. The van der Waals surface area contributed by atoms with Crippen LogP contribution in [0.5, 0.6) is 0 Å². The van der Waals surface area contributed by atoms with Crippen molar-refractivity contribution in [2.24, 2.45) is 0 Å². The molecular formula is C16H20N4O4. The molecule has 1 fully saturated rings. The van der Waals surface area contributed by atoms with E-state index in [1.807, 2.05) is 20.8 Å². The first kappa shape index (κ1) is 16.4. The van der Waals surface area contributed by atoms with Crippen LogP contribution < -0.4 is 5.32 Å². The Morgan fingerprint density at radius 3 is 2.62 bits per heavy atom. The fourth-order valence-corrected chi connectivity index (χ4v) is 3.08. The number of aromatic nitrogens is 2. The lowest BCUT2D eigenvalue weighted by atomic mass is 9.76. The molecule has 2 aliphatic rings. The molecule has 1 saturated heterocycles. The molecule has 128 valence electrons. The number of rotatable bonds is 1. The Morgan fingerprint density at radius 2 is 2.04 bits per heavy atom. The summed E-state index contributed by atoms with van der Waals surface area (Å²) >= 11 is 0. The van der Waals surface area contributed by atoms with E-state index >= 15 is 0 Å². The Balaban J connectivity index is 1.80. The molecule has 0 bridgehead atoms. The molecule has 1 aromatic rings. The highest BCUT2D eigenvalue weighted by Crippen LogP contribution is 2.43. The minimum atomic E-state index is -0.833. The zero-order valence-corrected chi connectivity index (χ0v) is 14.0. The van der Waals surface area contributed by atoms with E-state index in [-0.39, 0.29) is 17.7 Å². The number of nitrogens with zero attached hydrogens (tertiary/aromatic N) is 3. The van der Waals surface area contributed by atoms with Crippen molar-refractivity contribution in [3.05, 3.63) is 17.6 Å². The van der Waals surface area contributed by atoms with Gasteiger partial charge in [-0.2, -0.15) is 0 Å². The fraction of sp³-hybridized carbons (Fsp3) is 0.562. The molecule has 3 heterocycles. The van der Waals surface area contributed by atoms with Crippen LogP contribution in [0.25, 0.3) is 0 Å². The van der Waals surface area contributed by atoms with Crippen LogP contribution in [0.4, 0.5) is 10.6 Å². The standard InChI is InChI=1S/C16H20N4O4/c1-15(2,3)24-14(23)20-6-4-16(5-7-20)11-12(19-13(16)22)17-8-10(9-21)18-11/h8-9H,4-7H2,1-3H3,(H,17,19,22). The lowest BCUT2D eigenvalue weighted by molar-refractivity contribution is -0.122. The number of piperidine rings is 1. The van der Waals surface area contributed by atoms with Gasteiger partial charge in [-0.1, -0.05) is 0 Å². The Morgan fingerprint density at radius 1 is 1.38 bits per heavy atom. The summed E-state index contributed by atoms with van der Waals surface area (Å²) in [6.07, 6.45) is 2.40. The van der Waals surface area contributed by atoms with Gasteiger partial charge in [-0.3, -0.25) is 9.59 Å². The maximum Gasteiger partial charge on any atom is 0.410 e. The second-order valence-electron chi connectivity index (χ2n) is 7.11. The van der Waals surface area contributed by atoms with E-state index < -0.39 is 11.0 Å². The smallest absolute Gasteiger partial charge is 0.410 e. The van der Waals surface area contributed by atoms with Crippen LogP contribution in [-0.4, -0.2) is 51.8 Å². The molecule has 8 nitrogen and oxygen atoms in total. The summed E-state index contributed by atoms with van der Waals surface area (Å²) in [5.41, 5.74) is -0.701. The van der Waals surface area contributed by atoms with E-state index in [0.29, 0.717) is 43.7 Å². The second kappa shape index (κ2) is 5.54.